The molecule has 3 aliphatic rings. The summed E-state index contributed by atoms with van der Waals surface area (Å²) in [5.41, 5.74) is 4.61. The second-order valence-corrected chi connectivity index (χ2v) is 9.52. The SMILES string of the molecule is Bc1ccc2c(c1OCc1ccc(CN3CCOCC3)cc1)C(B)N(C1CCC(=O)NC1=O)C2=O. The average Bonchev–Trinajstić information content (AvgIpc) is 3.10. The molecule has 35 heavy (non-hydrogen) atoms. The Balaban J connectivity index is 1.30. The van der Waals surface area contributed by atoms with E-state index in [0.717, 1.165) is 49.4 Å². The van der Waals surface area contributed by atoms with Crippen molar-refractivity contribution in [3.63, 3.8) is 0 Å². The van der Waals surface area contributed by atoms with E-state index in [-0.39, 0.29) is 24.2 Å². The van der Waals surface area contributed by atoms with Gasteiger partial charge < -0.3 is 14.4 Å². The Morgan fingerprint density at radius 1 is 1.03 bits per heavy atom. The Labute approximate surface area is 206 Å². The molecular formula is C25H29B2N3O5. The van der Waals surface area contributed by atoms with Crippen molar-refractivity contribution in [3.05, 3.63) is 58.7 Å². The Morgan fingerprint density at radius 2 is 1.74 bits per heavy atom. The lowest BCUT2D eigenvalue weighted by atomic mass is 9.82. The Kier molecular flexibility index (Phi) is 6.67. The maximum atomic E-state index is 13.3. The third-order valence-corrected chi connectivity index (χ3v) is 7.15. The summed E-state index contributed by atoms with van der Waals surface area (Å²) in [4.78, 5) is 41.3. The normalized spacial score (nSPS) is 22.7. The zero-order valence-corrected chi connectivity index (χ0v) is 20.2. The van der Waals surface area contributed by atoms with Crippen LogP contribution >= 0.6 is 0 Å². The summed E-state index contributed by atoms with van der Waals surface area (Å²) in [5, 5.41) is 2.36. The van der Waals surface area contributed by atoms with Gasteiger partial charge in [-0.15, -0.1) is 0 Å². The van der Waals surface area contributed by atoms with Gasteiger partial charge in [-0.3, -0.25) is 24.6 Å². The number of imide groups is 1. The van der Waals surface area contributed by atoms with Crippen molar-refractivity contribution in [2.75, 3.05) is 26.3 Å². The van der Waals surface area contributed by atoms with Crippen LogP contribution in [0.3, 0.4) is 0 Å². The second-order valence-electron chi connectivity index (χ2n) is 9.52. The van der Waals surface area contributed by atoms with Gasteiger partial charge in [-0.25, -0.2) is 0 Å². The maximum Gasteiger partial charge on any atom is 0.254 e. The molecule has 0 bridgehead atoms. The third kappa shape index (κ3) is 4.73. The molecule has 0 aromatic heterocycles. The molecule has 2 fully saturated rings. The minimum atomic E-state index is -0.658. The van der Waals surface area contributed by atoms with Crippen LogP contribution in [0.15, 0.2) is 36.4 Å². The summed E-state index contributed by atoms with van der Waals surface area (Å²) in [6.07, 6.45) is 0.563. The first-order chi connectivity index (χ1) is 16.9. The fraction of sp³-hybridized carbons (Fsp3) is 0.400. The van der Waals surface area contributed by atoms with Gasteiger partial charge in [0.05, 0.1) is 13.2 Å². The molecule has 2 unspecified atom stereocenters. The van der Waals surface area contributed by atoms with Crippen LogP contribution in [0.2, 0.25) is 0 Å². The predicted molar refractivity (Wildman–Crippen MR) is 135 cm³/mol. The largest absolute Gasteiger partial charge is 0.489 e. The summed E-state index contributed by atoms with van der Waals surface area (Å²) in [5.74, 6) is -0.536. The Bertz CT molecular complexity index is 1150. The van der Waals surface area contributed by atoms with Gasteiger partial charge in [-0.1, -0.05) is 30.3 Å². The summed E-state index contributed by atoms with van der Waals surface area (Å²) >= 11 is 0. The van der Waals surface area contributed by atoms with Crippen LogP contribution < -0.4 is 15.5 Å². The third-order valence-electron chi connectivity index (χ3n) is 7.15. The smallest absolute Gasteiger partial charge is 0.254 e. The van der Waals surface area contributed by atoms with E-state index in [1.807, 2.05) is 27.8 Å². The van der Waals surface area contributed by atoms with Gasteiger partial charge in [0.25, 0.3) is 5.91 Å². The number of rotatable bonds is 6. The maximum absolute atomic E-state index is 13.3. The van der Waals surface area contributed by atoms with Crippen LogP contribution in [0.4, 0.5) is 0 Å². The molecule has 0 aliphatic carbocycles. The summed E-state index contributed by atoms with van der Waals surface area (Å²) in [6, 6.07) is 11.5. The van der Waals surface area contributed by atoms with Crippen LogP contribution in [0.5, 0.6) is 5.75 Å². The fourth-order valence-electron chi connectivity index (χ4n) is 5.23. The summed E-state index contributed by atoms with van der Waals surface area (Å²) < 4.78 is 11.7. The zero-order valence-electron chi connectivity index (χ0n) is 20.2. The highest BCUT2D eigenvalue weighted by Gasteiger charge is 2.44. The number of carbonyl (C=O) groups is 3. The van der Waals surface area contributed by atoms with E-state index >= 15 is 0 Å². The van der Waals surface area contributed by atoms with Gasteiger partial charge in [-0.2, -0.15) is 0 Å². The van der Waals surface area contributed by atoms with E-state index in [9.17, 15) is 14.4 Å². The van der Waals surface area contributed by atoms with E-state index in [4.69, 9.17) is 9.47 Å². The predicted octanol–water partition coefficient (Wildman–Crippen LogP) is -0.751. The molecule has 3 heterocycles. The molecule has 2 aromatic carbocycles. The number of hydrogen-bond donors (Lipinski definition) is 1. The molecule has 2 atom stereocenters. The first-order valence-electron chi connectivity index (χ1n) is 12.2. The number of piperidine rings is 1. The zero-order chi connectivity index (χ0) is 24.5. The van der Waals surface area contributed by atoms with Crippen molar-refractivity contribution < 1.29 is 23.9 Å². The number of amides is 3. The first kappa shape index (κ1) is 23.6. The number of hydrogen-bond acceptors (Lipinski definition) is 6. The monoisotopic (exact) mass is 473 g/mol. The Hall–Kier alpha value is -3.10. The summed E-state index contributed by atoms with van der Waals surface area (Å²) in [6.45, 7) is 4.77. The van der Waals surface area contributed by atoms with Crippen molar-refractivity contribution in [2.45, 2.75) is 38.0 Å². The lowest BCUT2D eigenvalue weighted by Gasteiger charge is -2.33. The van der Waals surface area contributed by atoms with Gasteiger partial charge in [-0.05, 0) is 29.1 Å². The van der Waals surface area contributed by atoms with Gasteiger partial charge in [0.1, 0.15) is 34.1 Å². The van der Waals surface area contributed by atoms with E-state index < -0.39 is 11.9 Å². The van der Waals surface area contributed by atoms with Crippen molar-refractivity contribution in [1.29, 1.82) is 0 Å². The fourth-order valence-corrected chi connectivity index (χ4v) is 5.23. The van der Waals surface area contributed by atoms with E-state index in [1.54, 1.807) is 4.90 Å². The lowest BCUT2D eigenvalue weighted by Crippen LogP contribution is -2.53. The minimum Gasteiger partial charge on any atom is -0.489 e. The van der Waals surface area contributed by atoms with Crippen molar-refractivity contribution in [3.8, 4) is 5.75 Å². The van der Waals surface area contributed by atoms with Crippen LogP contribution in [0.25, 0.3) is 0 Å². The number of fused-ring (bicyclic) bond motifs is 1. The van der Waals surface area contributed by atoms with Crippen LogP contribution in [0, 0.1) is 0 Å². The van der Waals surface area contributed by atoms with Gasteiger partial charge >= 0.3 is 0 Å². The lowest BCUT2D eigenvalue weighted by molar-refractivity contribution is -0.137. The average molecular weight is 473 g/mol. The second kappa shape index (κ2) is 9.87. The van der Waals surface area contributed by atoms with Crippen LogP contribution in [-0.4, -0.2) is 75.6 Å². The topological polar surface area (TPSA) is 88.2 Å². The van der Waals surface area contributed by atoms with Gasteiger partial charge in [0.15, 0.2) is 0 Å². The number of nitrogens with zero attached hydrogens (tertiary/aromatic N) is 2. The molecular weight excluding hydrogens is 444 g/mol. The molecule has 3 aliphatic heterocycles. The molecule has 1 N–H and O–H groups in total. The molecule has 0 spiro atoms. The highest BCUT2D eigenvalue weighted by molar-refractivity contribution is 6.35. The molecule has 180 valence electrons. The van der Waals surface area contributed by atoms with E-state index in [0.29, 0.717) is 24.3 Å². The van der Waals surface area contributed by atoms with Crippen molar-refractivity contribution in [2.24, 2.45) is 0 Å². The van der Waals surface area contributed by atoms with Crippen LogP contribution in [0.1, 0.15) is 45.8 Å². The Morgan fingerprint density at radius 3 is 2.46 bits per heavy atom. The number of morpholine rings is 1. The molecule has 2 aromatic rings. The number of carbonyl (C=O) groups excluding carboxylic acids is 3. The van der Waals surface area contributed by atoms with Crippen molar-refractivity contribution >= 4 is 38.9 Å². The molecule has 8 nitrogen and oxygen atoms in total. The van der Waals surface area contributed by atoms with Crippen LogP contribution in [-0.2, 0) is 27.5 Å². The van der Waals surface area contributed by atoms with E-state index in [1.165, 1.54) is 5.56 Å². The van der Waals surface area contributed by atoms with Gasteiger partial charge in [0, 0.05) is 43.1 Å². The first-order valence-corrected chi connectivity index (χ1v) is 12.2. The van der Waals surface area contributed by atoms with Crippen molar-refractivity contribution in [1.82, 2.24) is 15.1 Å². The molecule has 2 saturated heterocycles. The molecule has 10 heteroatoms. The number of ether oxygens (including phenoxy) is 2. The van der Waals surface area contributed by atoms with E-state index in [2.05, 4.69) is 34.5 Å². The van der Waals surface area contributed by atoms with Gasteiger partial charge in [0.2, 0.25) is 11.8 Å². The number of nitrogens with one attached hydrogen (secondary N) is 1. The molecule has 5 rings (SSSR count). The highest BCUT2D eigenvalue weighted by atomic mass is 16.5. The minimum absolute atomic E-state index is 0.195. The standard InChI is InChI=1S/C25H29B2N3O5/c26-18-6-5-17-21(23(27)30(25(17)33)19-7-8-20(31)28-24(19)32)22(18)35-14-16-3-1-15(2-4-16)13-29-9-11-34-12-10-29/h1-6,19,23H,7-14,26-27H2,(H,28,31,32). The summed E-state index contributed by atoms with van der Waals surface area (Å²) in [7, 11) is 3.88. The molecule has 3 amide bonds. The number of benzene rings is 2. The molecule has 0 saturated carbocycles. The highest BCUT2D eigenvalue weighted by Crippen LogP contribution is 2.39. The molecule has 0 radical (unpaired) electrons. The quantitative estimate of drug-likeness (QED) is 0.439.